The van der Waals surface area contributed by atoms with Gasteiger partial charge >= 0.3 is 0 Å². The number of nitrogens with one attached hydrogen (secondary N) is 2. The molecule has 1 unspecified atom stereocenters. The van der Waals surface area contributed by atoms with Crippen LogP contribution in [0.4, 0.5) is 5.69 Å². The van der Waals surface area contributed by atoms with Crippen molar-refractivity contribution in [3.05, 3.63) is 72.1 Å². The summed E-state index contributed by atoms with van der Waals surface area (Å²) in [5, 5.41) is 13.5. The van der Waals surface area contributed by atoms with Gasteiger partial charge in [-0.3, -0.25) is 25.1 Å². The number of anilines is 1. The summed E-state index contributed by atoms with van der Waals surface area (Å²) in [6, 6.07) is 16.6. The first-order chi connectivity index (χ1) is 16.9. The van der Waals surface area contributed by atoms with E-state index in [2.05, 4.69) is 68.6 Å². The molecule has 0 aliphatic carbocycles. The predicted octanol–water partition coefficient (Wildman–Crippen LogP) is 2.10. The molecule has 0 saturated carbocycles. The normalized spacial score (nSPS) is 25.6. The summed E-state index contributed by atoms with van der Waals surface area (Å²) in [6.45, 7) is 4.26. The van der Waals surface area contributed by atoms with Crippen LogP contribution < -0.4 is 21.8 Å². The summed E-state index contributed by atoms with van der Waals surface area (Å²) in [4.78, 5) is 16.7. The third-order valence-corrected chi connectivity index (χ3v) is 7.62. The highest BCUT2D eigenvalue weighted by atomic mass is 16.1. The van der Waals surface area contributed by atoms with Gasteiger partial charge in [0.25, 0.3) is 0 Å². The van der Waals surface area contributed by atoms with Crippen LogP contribution in [0.1, 0.15) is 25.3 Å². The number of H-pyrrole nitrogens is 1. The van der Waals surface area contributed by atoms with E-state index in [1.165, 1.54) is 5.56 Å². The highest BCUT2D eigenvalue weighted by Gasteiger charge is 2.46. The molecule has 1 aromatic heterocycles. The number of amides is 1. The number of hydrogen-bond acceptors (Lipinski definition) is 7. The van der Waals surface area contributed by atoms with Crippen molar-refractivity contribution in [2.45, 2.75) is 38.1 Å². The maximum Gasteiger partial charge on any atom is 0.221 e. The minimum atomic E-state index is -0.342. The Bertz CT molecular complexity index is 1220. The van der Waals surface area contributed by atoms with Crippen LogP contribution in [-0.4, -0.2) is 58.0 Å². The average Bonchev–Trinajstić information content (AvgIpc) is 3.33. The molecule has 3 heterocycles. The molecule has 5 rings (SSSR count). The van der Waals surface area contributed by atoms with Crippen molar-refractivity contribution in [1.82, 2.24) is 25.4 Å². The van der Waals surface area contributed by atoms with E-state index in [0.29, 0.717) is 13.1 Å². The molecule has 35 heavy (non-hydrogen) atoms. The molecular formula is C26H34N8O. The largest absolute Gasteiger partial charge is 0.369 e. The van der Waals surface area contributed by atoms with Crippen LogP contribution in [0.5, 0.6) is 0 Å². The molecule has 1 saturated heterocycles. The number of benzene rings is 2. The van der Waals surface area contributed by atoms with Crippen molar-refractivity contribution in [2.75, 3.05) is 25.0 Å². The van der Waals surface area contributed by atoms with Crippen molar-refractivity contribution in [3.8, 4) is 0 Å². The number of primary amides is 1. The first-order valence-electron chi connectivity index (χ1n) is 12.1. The molecule has 2 aliphatic heterocycles. The van der Waals surface area contributed by atoms with E-state index in [9.17, 15) is 4.79 Å². The van der Waals surface area contributed by atoms with Crippen molar-refractivity contribution in [2.24, 2.45) is 17.5 Å². The number of hydrogen-bond donors (Lipinski definition) is 4. The lowest BCUT2D eigenvalue weighted by atomic mass is 9.79. The number of aromatic nitrogens is 2. The lowest BCUT2D eigenvalue weighted by Gasteiger charge is -2.54. The summed E-state index contributed by atoms with van der Waals surface area (Å²) in [6.07, 6.45) is 5.34. The zero-order chi connectivity index (χ0) is 24.6. The molecule has 0 spiro atoms. The lowest BCUT2D eigenvalue weighted by molar-refractivity contribution is -0.125. The molecule has 1 amide bonds. The van der Waals surface area contributed by atoms with Gasteiger partial charge in [0, 0.05) is 30.7 Å². The van der Waals surface area contributed by atoms with Crippen molar-refractivity contribution < 1.29 is 4.79 Å². The number of piperidine rings is 1. The van der Waals surface area contributed by atoms with Gasteiger partial charge in [0.15, 0.2) is 6.29 Å². The van der Waals surface area contributed by atoms with E-state index < -0.39 is 0 Å². The second-order valence-corrected chi connectivity index (χ2v) is 9.73. The van der Waals surface area contributed by atoms with Crippen LogP contribution in [0.3, 0.4) is 0 Å². The minimum Gasteiger partial charge on any atom is -0.369 e. The third-order valence-electron chi connectivity index (χ3n) is 7.62. The molecular weight excluding hydrogens is 440 g/mol. The van der Waals surface area contributed by atoms with Crippen LogP contribution in [0.25, 0.3) is 10.9 Å². The van der Waals surface area contributed by atoms with Gasteiger partial charge in [0.05, 0.1) is 28.9 Å². The van der Waals surface area contributed by atoms with Gasteiger partial charge in [-0.15, -0.1) is 0 Å². The Kier molecular flexibility index (Phi) is 6.22. The summed E-state index contributed by atoms with van der Waals surface area (Å²) in [7, 11) is 1.92. The van der Waals surface area contributed by atoms with E-state index in [4.69, 9.17) is 11.6 Å². The Labute approximate surface area is 205 Å². The van der Waals surface area contributed by atoms with Gasteiger partial charge in [0.2, 0.25) is 5.91 Å². The van der Waals surface area contributed by atoms with Crippen molar-refractivity contribution in [1.29, 1.82) is 0 Å². The van der Waals surface area contributed by atoms with Gasteiger partial charge in [-0.25, -0.2) is 5.84 Å². The van der Waals surface area contributed by atoms with E-state index in [1.54, 1.807) is 0 Å². The van der Waals surface area contributed by atoms with Crippen LogP contribution in [0, 0.1) is 5.92 Å². The van der Waals surface area contributed by atoms with E-state index in [1.807, 2.05) is 36.5 Å². The fourth-order valence-corrected chi connectivity index (χ4v) is 5.55. The monoisotopic (exact) mass is 474 g/mol. The maximum atomic E-state index is 12.1. The number of carbonyl (C=O) groups is 1. The summed E-state index contributed by atoms with van der Waals surface area (Å²) >= 11 is 0. The fraction of sp³-hybridized carbons (Fsp3) is 0.385. The molecule has 0 bridgehead atoms. The molecule has 1 fully saturated rings. The highest BCUT2D eigenvalue weighted by molar-refractivity contribution is 5.82. The van der Waals surface area contributed by atoms with Crippen molar-refractivity contribution >= 4 is 22.5 Å². The van der Waals surface area contributed by atoms with Crippen molar-refractivity contribution in [3.63, 3.8) is 0 Å². The van der Waals surface area contributed by atoms with E-state index >= 15 is 0 Å². The molecule has 9 heteroatoms. The van der Waals surface area contributed by atoms with E-state index in [-0.39, 0.29) is 23.7 Å². The molecule has 9 nitrogen and oxygen atoms in total. The SMILES string of the molecule is CNC1N(N)C([C@@]2(C)CC[C@H](C(N)=O)CN2Cc2ccccc2)=CCN1c1ccc2cn[nH]c2c1. The number of aromatic amines is 1. The zero-order valence-corrected chi connectivity index (χ0v) is 20.3. The smallest absolute Gasteiger partial charge is 0.221 e. The Morgan fingerprint density at radius 3 is 2.80 bits per heavy atom. The molecule has 6 N–H and O–H groups in total. The number of likely N-dealkylation sites (tertiary alicyclic amines) is 1. The molecule has 3 atom stereocenters. The average molecular weight is 475 g/mol. The van der Waals surface area contributed by atoms with Gasteiger partial charge in [-0.2, -0.15) is 5.10 Å². The highest BCUT2D eigenvalue weighted by Crippen LogP contribution is 2.40. The number of hydrazine groups is 1. The van der Waals surface area contributed by atoms with Crippen LogP contribution in [0.2, 0.25) is 0 Å². The molecule has 184 valence electrons. The van der Waals surface area contributed by atoms with Gasteiger partial charge in [-0.05, 0) is 56.7 Å². The number of carbonyl (C=O) groups excluding carboxylic acids is 1. The Balaban J connectivity index is 1.47. The Hall–Kier alpha value is -3.40. The first-order valence-corrected chi connectivity index (χ1v) is 12.1. The van der Waals surface area contributed by atoms with Gasteiger partial charge < -0.3 is 10.6 Å². The molecule has 3 aromatic rings. The summed E-state index contributed by atoms with van der Waals surface area (Å²) in [5.74, 6) is 6.44. The Morgan fingerprint density at radius 2 is 2.06 bits per heavy atom. The first kappa shape index (κ1) is 23.3. The predicted molar refractivity (Wildman–Crippen MR) is 138 cm³/mol. The van der Waals surface area contributed by atoms with Gasteiger partial charge in [0.1, 0.15) is 0 Å². The van der Waals surface area contributed by atoms with Crippen LogP contribution in [0.15, 0.2) is 66.5 Å². The molecule has 2 aliphatic rings. The second-order valence-electron chi connectivity index (χ2n) is 9.73. The number of fused-ring (bicyclic) bond motifs is 1. The maximum absolute atomic E-state index is 12.1. The summed E-state index contributed by atoms with van der Waals surface area (Å²) < 4.78 is 0. The standard InChI is InChI=1S/C26H34N8O/c1-26(12-10-20(24(27)35)17-32(26)16-18-6-4-3-5-7-18)23-11-13-33(25(29-2)34(23)28)21-9-8-19-15-30-31-22(19)14-21/h3-9,11,14-15,20,25,29H,10,12-13,16-17,28H2,1-2H3,(H2,27,35)(H,30,31)/t20-,25?,26+/m0/s1. The quantitative estimate of drug-likeness (QED) is 0.404. The third kappa shape index (κ3) is 4.27. The number of nitrogens with zero attached hydrogens (tertiary/aromatic N) is 4. The second kappa shape index (κ2) is 9.33. The zero-order valence-electron chi connectivity index (χ0n) is 20.3. The van der Waals surface area contributed by atoms with E-state index in [0.717, 1.165) is 41.7 Å². The Morgan fingerprint density at radius 1 is 1.26 bits per heavy atom. The molecule has 2 aromatic carbocycles. The number of rotatable bonds is 6. The number of nitrogens with two attached hydrogens (primary N) is 2. The minimum absolute atomic E-state index is 0.167. The fourth-order valence-electron chi connectivity index (χ4n) is 5.55. The topological polar surface area (TPSA) is 120 Å². The van der Waals surface area contributed by atoms with Crippen LogP contribution >= 0.6 is 0 Å². The molecule has 0 radical (unpaired) electrons. The van der Waals surface area contributed by atoms with Gasteiger partial charge in [-0.1, -0.05) is 30.3 Å². The van der Waals surface area contributed by atoms with Crippen LogP contribution in [-0.2, 0) is 11.3 Å². The lowest BCUT2D eigenvalue weighted by Crippen LogP contribution is -2.66. The summed E-state index contributed by atoms with van der Waals surface area (Å²) in [5.41, 5.74) is 9.68.